The Morgan fingerprint density at radius 2 is 1.79 bits per heavy atom. The molecule has 3 saturated carbocycles. The van der Waals surface area contributed by atoms with Gasteiger partial charge < -0.3 is 10.0 Å². The van der Waals surface area contributed by atoms with Gasteiger partial charge in [-0.2, -0.15) is 0 Å². The monoisotopic (exact) mass is 570 g/mol. The molecule has 0 radical (unpaired) electrons. The Kier molecular flexibility index (Phi) is 6.03. The van der Waals surface area contributed by atoms with E-state index in [0.717, 1.165) is 43.1 Å². The smallest absolute Gasteiger partial charge is 0.265 e. The van der Waals surface area contributed by atoms with E-state index in [0.29, 0.717) is 6.54 Å². The Hall–Kier alpha value is -3.38. The fraction of sp³-hybridized carbons (Fsp3) is 0.407. The molecule has 2 atom stereocenters. The number of carbonyl (C=O) groups is 1. The quantitative estimate of drug-likeness (QED) is 0.503. The number of aryl methyl sites for hydroxylation is 1. The number of aliphatic imine (C=N–C) groups is 1. The van der Waals surface area contributed by atoms with Crippen LogP contribution >= 0.6 is 0 Å². The Morgan fingerprint density at radius 3 is 2.49 bits per heavy atom. The van der Waals surface area contributed by atoms with Gasteiger partial charge in [0, 0.05) is 24.2 Å². The Bertz CT molecular complexity index is 1660. The van der Waals surface area contributed by atoms with Crippen molar-refractivity contribution in [3.8, 4) is 0 Å². The van der Waals surface area contributed by atoms with Gasteiger partial charge >= 0.3 is 0 Å². The van der Waals surface area contributed by atoms with Crippen molar-refractivity contribution in [2.45, 2.75) is 50.1 Å². The fourth-order valence-electron chi connectivity index (χ4n) is 6.71. The zero-order chi connectivity index (χ0) is 27.7. The maximum Gasteiger partial charge on any atom is 0.265 e. The van der Waals surface area contributed by atoms with Gasteiger partial charge in [0.15, 0.2) is 5.84 Å². The van der Waals surface area contributed by atoms with Crippen molar-refractivity contribution in [2.24, 2.45) is 22.7 Å². The van der Waals surface area contributed by atoms with Crippen molar-refractivity contribution in [2.75, 3.05) is 11.0 Å². The Balaban J connectivity index is 1.46. The first-order chi connectivity index (χ1) is 18.4. The number of nitrogens with one attached hydrogen (secondary N) is 2. The molecule has 3 aliphatic carbocycles. The number of carbonyl (C=O) groups excluding carboxylic acids is 1. The molecule has 0 spiro atoms. The second-order valence-corrected chi connectivity index (χ2v) is 14.3. The van der Waals surface area contributed by atoms with E-state index in [4.69, 9.17) is 0 Å². The molecule has 2 aromatic rings. The van der Waals surface area contributed by atoms with Gasteiger partial charge in [-0.1, -0.05) is 24.3 Å². The molecule has 12 heteroatoms. The molecular weight excluding hydrogens is 540 g/mol. The van der Waals surface area contributed by atoms with Crippen LogP contribution in [0.3, 0.4) is 0 Å². The number of hydrogen-bond acceptors (Lipinski definition) is 7. The van der Waals surface area contributed by atoms with E-state index in [1.54, 1.807) is 0 Å². The van der Waals surface area contributed by atoms with Crippen molar-refractivity contribution in [3.63, 3.8) is 0 Å². The first-order valence-corrected chi connectivity index (χ1v) is 16.3. The van der Waals surface area contributed by atoms with E-state index < -0.39 is 26.0 Å². The molecule has 2 aliphatic heterocycles. The number of anilines is 1. The van der Waals surface area contributed by atoms with Gasteiger partial charge in [-0.15, -0.1) is 0 Å². The summed E-state index contributed by atoms with van der Waals surface area (Å²) < 4.78 is 54.5. The third-order valence-electron chi connectivity index (χ3n) is 8.44. The third kappa shape index (κ3) is 4.49. The predicted molar refractivity (Wildman–Crippen MR) is 146 cm³/mol. The van der Waals surface area contributed by atoms with Gasteiger partial charge in [0.05, 0.1) is 11.9 Å². The largest absolute Gasteiger partial charge is 0.511 e. The van der Waals surface area contributed by atoms with Crippen LogP contribution in [0.4, 0.5) is 11.4 Å². The number of benzene rings is 2. The molecule has 2 aromatic carbocycles. The maximum atomic E-state index is 14.1. The summed E-state index contributed by atoms with van der Waals surface area (Å²) in [5.74, 6) is -0.596. The van der Waals surface area contributed by atoms with Gasteiger partial charge in [0.2, 0.25) is 10.0 Å². The van der Waals surface area contributed by atoms with Crippen LogP contribution in [0.5, 0.6) is 0 Å². The lowest BCUT2D eigenvalue weighted by Crippen LogP contribution is -2.60. The molecule has 206 valence electrons. The lowest BCUT2D eigenvalue weighted by molar-refractivity contribution is -0.140. The van der Waals surface area contributed by atoms with E-state index in [2.05, 4.69) is 14.4 Å². The number of fused-ring (bicyclic) bond motifs is 3. The molecule has 0 saturated heterocycles. The molecule has 0 aromatic heterocycles. The summed E-state index contributed by atoms with van der Waals surface area (Å²) in [5.41, 5.74) is 2.04. The zero-order valence-corrected chi connectivity index (χ0v) is 23.2. The number of amides is 1. The highest BCUT2D eigenvalue weighted by Crippen LogP contribution is 2.52. The van der Waals surface area contributed by atoms with Gasteiger partial charge in [-0.05, 0) is 73.8 Å². The van der Waals surface area contributed by atoms with E-state index in [1.807, 2.05) is 36.1 Å². The van der Waals surface area contributed by atoms with Gasteiger partial charge in [0.1, 0.15) is 16.2 Å². The molecule has 39 heavy (non-hydrogen) atoms. The van der Waals surface area contributed by atoms with Crippen LogP contribution in [0.2, 0.25) is 0 Å². The summed E-state index contributed by atoms with van der Waals surface area (Å²) >= 11 is 0. The van der Waals surface area contributed by atoms with Crippen molar-refractivity contribution in [1.82, 2.24) is 9.62 Å². The highest BCUT2D eigenvalue weighted by molar-refractivity contribution is 7.92. The summed E-state index contributed by atoms with van der Waals surface area (Å²) in [7, 11) is -7.85. The molecule has 2 bridgehead atoms. The van der Waals surface area contributed by atoms with E-state index in [-0.39, 0.29) is 57.2 Å². The molecule has 7 rings (SSSR count). The number of aliphatic hydroxyl groups is 1. The predicted octanol–water partition coefficient (Wildman–Crippen LogP) is 3.35. The normalized spacial score (nSPS) is 27.4. The van der Waals surface area contributed by atoms with Crippen molar-refractivity contribution >= 4 is 43.2 Å². The Morgan fingerprint density at radius 1 is 1.10 bits per heavy atom. The van der Waals surface area contributed by atoms with E-state index in [1.165, 1.54) is 18.2 Å². The minimum absolute atomic E-state index is 0.0497. The van der Waals surface area contributed by atoms with Gasteiger partial charge in [-0.25, -0.2) is 21.8 Å². The molecular formula is C27H30N4O6S2. The SMILES string of the molecule is Cc1ccccc1CN1C(=O)C(C2=Nc3ccc(NS(C)(=O)=O)cc3S(=O)(=O)N2)=C(O)[C@@H]2C3CCC(CC3)[C@@H]21. The third-order valence-corrected chi connectivity index (χ3v) is 10.4. The Labute approximate surface area is 227 Å². The number of aliphatic hydroxyl groups excluding tert-OH is 1. The maximum absolute atomic E-state index is 14.1. The summed E-state index contributed by atoms with van der Waals surface area (Å²) in [6.07, 6.45) is 4.86. The second kappa shape index (κ2) is 9.09. The summed E-state index contributed by atoms with van der Waals surface area (Å²) in [4.78, 5) is 20.2. The molecule has 2 heterocycles. The van der Waals surface area contributed by atoms with Crippen LogP contribution in [-0.2, 0) is 31.4 Å². The fourth-order valence-corrected chi connectivity index (χ4v) is 8.45. The van der Waals surface area contributed by atoms with Gasteiger partial charge in [0.25, 0.3) is 15.9 Å². The van der Waals surface area contributed by atoms with Crippen LogP contribution in [0.15, 0.2) is 63.7 Å². The standard InChI is InChI=1S/C27H30N4O6S2/c1-15-5-3-4-6-18(15)14-31-24-17-9-7-16(8-10-17)22(24)25(32)23(27(31)33)26-28-20-12-11-19(29-38(2,34)35)13-21(20)39(36,37)30-26/h3-6,11-13,16-17,22,24,29,32H,7-10,14H2,1-2H3,(H,28,30)/t16?,17?,22-,24+/m1/s1. The van der Waals surface area contributed by atoms with E-state index >= 15 is 0 Å². The number of hydrogen-bond donors (Lipinski definition) is 3. The first-order valence-electron chi connectivity index (χ1n) is 13.0. The lowest BCUT2D eigenvalue weighted by atomic mass is 9.59. The van der Waals surface area contributed by atoms with Crippen molar-refractivity contribution < 1.29 is 26.7 Å². The second-order valence-electron chi connectivity index (χ2n) is 10.9. The molecule has 3 N–H and O–H groups in total. The summed E-state index contributed by atoms with van der Waals surface area (Å²) in [6, 6.07) is 11.6. The topological polar surface area (TPSA) is 145 Å². The van der Waals surface area contributed by atoms with Crippen LogP contribution in [0.25, 0.3) is 0 Å². The molecule has 3 fully saturated rings. The number of sulfonamides is 2. The first kappa shape index (κ1) is 25.9. The lowest BCUT2D eigenvalue weighted by Gasteiger charge is -2.54. The van der Waals surface area contributed by atoms with Crippen LogP contribution in [-0.4, -0.2) is 50.9 Å². The number of rotatable bonds is 5. The van der Waals surface area contributed by atoms with Crippen LogP contribution in [0.1, 0.15) is 36.8 Å². The molecule has 5 aliphatic rings. The van der Waals surface area contributed by atoms with Crippen molar-refractivity contribution in [1.29, 1.82) is 0 Å². The van der Waals surface area contributed by atoms with Gasteiger partial charge in [-0.3, -0.25) is 14.2 Å². The highest BCUT2D eigenvalue weighted by Gasteiger charge is 2.54. The van der Waals surface area contributed by atoms with Crippen molar-refractivity contribution in [3.05, 3.63) is 64.9 Å². The summed E-state index contributed by atoms with van der Waals surface area (Å²) in [5, 5.41) is 11.6. The minimum atomic E-state index is -4.22. The van der Waals surface area contributed by atoms with Crippen LogP contribution < -0.4 is 9.44 Å². The summed E-state index contributed by atoms with van der Waals surface area (Å²) in [6.45, 7) is 2.34. The molecule has 0 unspecified atom stereocenters. The average Bonchev–Trinajstić information content (AvgIpc) is 2.87. The average molecular weight is 571 g/mol. The van der Waals surface area contributed by atoms with E-state index in [9.17, 15) is 26.7 Å². The highest BCUT2D eigenvalue weighted by atomic mass is 32.2. The number of nitrogens with zero attached hydrogens (tertiary/aromatic N) is 2. The van der Waals surface area contributed by atoms with Crippen LogP contribution in [0, 0.1) is 24.7 Å². The number of amidine groups is 1. The molecule has 10 nitrogen and oxygen atoms in total. The minimum Gasteiger partial charge on any atom is -0.511 e. The zero-order valence-electron chi connectivity index (χ0n) is 21.6. The molecule has 1 amide bonds.